The minimum Gasteiger partial charge on any atom is -0.464 e. The lowest BCUT2D eigenvalue weighted by molar-refractivity contribution is -0.121. The molecule has 1 atom stereocenters. The van der Waals surface area contributed by atoms with E-state index in [-0.39, 0.29) is 11.9 Å². The van der Waals surface area contributed by atoms with E-state index in [4.69, 9.17) is 4.42 Å². The molecule has 3 aromatic rings. The van der Waals surface area contributed by atoms with Crippen molar-refractivity contribution in [3.63, 3.8) is 0 Å². The van der Waals surface area contributed by atoms with Gasteiger partial charge in [0.25, 0.3) is 0 Å². The number of nitrogens with one attached hydrogen (secondary N) is 2. The van der Waals surface area contributed by atoms with E-state index in [1.807, 2.05) is 56.4 Å². The van der Waals surface area contributed by atoms with Gasteiger partial charge in [0.1, 0.15) is 11.5 Å². The summed E-state index contributed by atoms with van der Waals surface area (Å²) < 4.78 is 5.53. The number of aromatic amines is 1. The minimum absolute atomic E-state index is 0.0127. The van der Waals surface area contributed by atoms with Crippen LogP contribution in [-0.2, 0) is 11.2 Å². The van der Waals surface area contributed by atoms with Crippen molar-refractivity contribution in [1.29, 1.82) is 0 Å². The number of hydrogen-bond donors (Lipinski definition) is 2. The molecular formula is C17H18N2O2. The number of hydrogen-bond acceptors (Lipinski definition) is 2. The van der Waals surface area contributed by atoms with Gasteiger partial charge in [-0.2, -0.15) is 0 Å². The van der Waals surface area contributed by atoms with Gasteiger partial charge in [-0.15, -0.1) is 0 Å². The van der Waals surface area contributed by atoms with Crippen LogP contribution in [0.3, 0.4) is 0 Å². The molecule has 2 aromatic heterocycles. The molecule has 1 aromatic carbocycles. The second-order valence-corrected chi connectivity index (χ2v) is 5.27. The summed E-state index contributed by atoms with van der Waals surface area (Å²) in [5.41, 5.74) is 2.06. The van der Waals surface area contributed by atoms with Crippen LogP contribution >= 0.6 is 0 Å². The Hall–Kier alpha value is -2.49. The highest BCUT2D eigenvalue weighted by Gasteiger charge is 2.14. The third kappa shape index (κ3) is 2.84. The lowest BCUT2D eigenvalue weighted by atomic mass is 10.1. The van der Waals surface area contributed by atoms with Crippen molar-refractivity contribution >= 4 is 16.8 Å². The highest BCUT2D eigenvalue weighted by atomic mass is 16.3. The van der Waals surface area contributed by atoms with Gasteiger partial charge in [0.2, 0.25) is 5.91 Å². The van der Waals surface area contributed by atoms with Crippen molar-refractivity contribution < 1.29 is 9.21 Å². The average Bonchev–Trinajstić information content (AvgIpc) is 3.06. The number of rotatable bonds is 4. The van der Waals surface area contributed by atoms with Gasteiger partial charge < -0.3 is 14.7 Å². The zero-order valence-corrected chi connectivity index (χ0v) is 12.1. The molecular weight excluding hydrogens is 264 g/mol. The Morgan fingerprint density at radius 3 is 2.86 bits per heavy atom. The third-order valence-corrected chi connectivity index (χ3v) is 3.59. The monoisotopic (exact) mass is 282 g/mol. The van der Waals surface area contributed by atoms with Crippen molar-refractivity contribution in [3.05, 3.63) is 59.7 Å². The van der Waals surface area contributed by atoms with Gasteiger partial charge in [-0.3, -0.25) is 4.79 Å². The van der Waals surface area contributed by atoms with Gasteiger partial charge in [0.15, 0.2) is 0 Å². The first kappa shape index (κ1) is 13.5. The van der Waals surface area contributed by atoms with Crippen molar-refractivity contribution in [2.45, 2.75) is 26.3 Å². The number of H-pyrrole nitrogens is 1. The van der Waals surface area contributed by atoms with Crippen LogP contribution in [0.15, 0.2) is 47.0 Å². The summed E-state index contributed by atoms with van der Waals surface area (Å²) in [5, 5.41) is 4.06. The molecule has 0 saturated carbocycles. The van der Waals surface area contributed by atoms with Crippen LogP contribution < -0.4 is 5.32 Å². The number of amides is 1. The minimum atomic E-state index is -0.128. The van der Waals surface area contributed by atoms with Crippen molar-refractivity contribution in [2.24, 2.45) is 0 Å². The van der Waals surface area contributed by atoms with Crippen molar-refractivity contribution in [1.82, 2.24) is 10.3 Å². The van der Waals surface area contributed by atoms with E-state index in [9.17, 15) is 4.79 Å². The molecule has 2 heterocycles. The number of benzene rings is 1. The van der Waals surface area contributed by atoms with Crippen LogP contribution in [0.1, 0.15) is 30.0 Å². The molecule has 0 aliphatic carbocycles. The number of aryl methyl sites for hydroxylation is 1. The number of carbonyl (C=O) groups excluding carboxylic acids is 1. The fourth-order valence-electron chi connectivity index (χ4n) is 2.50. The van der Waals surface area contributed by atoms with Crippen LogP contribution in [0, 0.1) is 6.92 Å². The zero-order valence-electron chi connectivity index (χ0n) is 12.1. The first-order chi connectivity index (χ1) is 10.1. The topological polar surface area (TPSA) is 58.0 Å². The van der Waals surface area contributed by atoms with Crippen LogP contribution in [0.25, 0.3) is 10.9 Å². The first-order valence-corrected chi connectivity index (χ1v) is 7.04. The molecule has 108 valence electrons. The summed E-state index contributed by atoms with van der Waals surface area (Å²) in [4.78, 5) is 15.4. The first-order valence-electron chi connectivity index (χ1n) is 7.04. The van der Waals surface area contributed by atoms with E-state index in [2.05, 4.69) is 10.3 Å². The summed E-state index contributed by atoms with van der Waals surface area (Å²) in [7, 11) is 0. The standard InChI is InChI=1S/C17H18N2O2/c1-11-7-8-16(21-11)12(2)19-17(20)9-13-10-18-15-6-4-3-5-14(13)15/h3-8,10,12,18H,9H2,1-2H3,(H,19,20). The third-order valence-electron chi connectivity index (χ3n) is 3.59. The summed E-state index contributed by atoms with van der Waals surface area (Å²) in [6, 6.07) is 11.6. The van der Waals surface area contributed by atoms with Gasteiger partial charge >= 0.3 is 0 Å². The Morgan fingerprint density at radius 1 is 1.29 bits per heavy atom. The highest BCUT2D eigenvalue weighted by molar-refractivity contribution is 5.88. The number of aromatic nitrogens is 1. The quantitative estimate of drug-likeness (QED) is 0.769. The van der Waals surface area contributed by atoms with E-state index in [1.54, 1.807) is 0 Å². The van der Waals surface area contributed by atoms with Gasteiger partial charge in [-0.25, -0.2) is 0 Å². The van der Waals surface area contributed by atoms with Gasteiger partial charge in [-0.05, 0) is 37.6 Å². The SMILES string of the molecule is Cc1ccc(C(C)NC(=O)Cc2c[nH]c3ccccc23)o1. The van der Waals surface area contributed by atoms with E-state index >= 15 is 0 Å². The zero-order chi connectivity index (χ0) is 14.8. The molecule has 4 heteroatoms. The Balaban J connectivity index is 1.69. The summed E-state index contributed by atoms with van der Waals surface area (Å²) in [6.45, 7) is 3.81. The van der Waals surface area contributed by atoms with Crippen LogP contribution in [-0.4, -0.2) is 10.9 Å². The maximum atomic E-state index is 12.2. The smallest absolute Gasteiger partial charge is 0.225 e. The van der Waals surface area contributed by atoms with Crippen molar-refractivity contribution in [3.8, 4) is 0 Å². The predicted molar refractivity (Wildman–Crippen MR) is 82.0 cm³/mol. The maximum Gasteiger partial charge on any atom is 0.225 e. The second-order valence-electron chi connectivity index (χ2n) is 5.27. The largest absolute Gasteiger partial charge is 0.464 e. The molecule has 0 fully saturated rings. The normalized spacial score (nSPS) is 12.5. The molecule has 0 radical (unpaired) electrons. The number of carbonyl (C=O) groups is 1. The number of furan rings is 1. The molecule has 1 unspecified atom stereocenters. The Labute approximate surface area is 123 Å². The van der Waals surface area contributed by atoms with E-state index in [0.29, 0.717) is 6.42 Å². The Bertz CT molecular complexity index is 770. The molecule has 1 amide bonds. The number of fused-ring (bicyclic) bond motifs is 1. The van der Waals surface area contributed by atoms with Gasteiger partial charge in [0.05, 0.1) is 12.5 Å². The molecule has 21 heavy (non-hydrogen) atoms. The molecule has 4 nitrogen and oxygen atoms in total. The van der Waals surface area contributed by atoms with E-state index in [0.717, 1.165) is 28.0 Å². The van der Waals surface area contributed by atoms with Crippen LogP contribution in [0.4, 0.5) is 0 Å². The molecule has 0 spiro atoms. The van der Waals surface area contributed by atoms with Crippen LogP contribution in [0.2, 0.25) is 0 Å². The van der Waals surface area contributed by atoms with Crippen LogP contribution in [0.5, 0.6) is 0 Å². The summed E-state index contributed by atoms with van der Waals surface area (Å²) in [6.07, 6.45) is 2.25. The Morgan fingerprint density at radius 2 is 2.10 bits per heavy atom. The number of para-hydroxylation sites is 1. The van der Waals surface area contributed by atoms with E-state index in [1.165, 1.54) is 0 Å². The molecule has 0 aliphatic rings. The lowest BCUT2D eigenvalue weighted by Crippen LogP contribution is -2.27. The molecule has 2 N–H and O–H groups in total. The van der Waals surface area contributed by atoms with Gasteiger partial charge in [0, 0.05) is 17.1 Å². The fraction of sp³-hybridized carbons (Fsp3) is 0.235. The molecule has 3 rings (SSSR count). The average molecular weight is 282 g/mol. The van der Waals surface area contributed by atoms with Crippen molar-refractivity contribution in [2.75, 3.05) is 0 Å². The second kappa shape index (κ2) is 5.48. The predicted octanol–water partition coefficient (Wildman–Crippen LogP) is 3.49. The highest BCUT2D eigenvalue weighted by Crippen LogP contribution is 2.19. The summed E-state index contributed by atoms with van der Waals surface area (Å²) >= 11 is 0. The molecule has 0 aliphatic heterocycles. The maximum absolute atomic E-state index is 12.2. The Kier molecular flexibility index (Phi) is 3.52. The fourth-order valence-corrected chi connectivity index (χ4v) is 2.50. The summed E-state index contributed by atoms with van der Waals surface area (Å²) in [5.74, 6) is 1.61. The molecule has 0 saturated heterocycles. The lowest BCUT2D eigenvalue weighted by Gasteiger charge is -2.11. The molecule has 0 bridgehead atoms. The van der Waals surface area contributed by atoms with Gasteiger partial charge in [-0.1, -0.05) is 18.2 Å². The van der Waals surface area contributed by atoms with E-state index < -0.39 is 0 Å².